The fraction of sp³-hybridized carbons (Fsp3) is 0.269. The summed E-state index contributed by atoms with van der Waals surface area (Å²) >= 11 is 1.34. The number of benzene rings is 2. The van der Waals surface area contributed by atoms with Gasteiger partial charge in [0.2, 0.25) is 5.88 Å². The molecule has 1 aliphatic carbocycles. The van der Waals surface area contributed by atoms with Crippen molar-refractivity contribution in [1.82, 2.24) is 14.3 Å². The number of hydrogen-bond acceptors (Lipinski definition) is 8. The highest BCUT2D eigenvalue weighted by Crippen LogP contribution is 2.59. The highest BCUT2D eigenvalue weighted by molar-refractivity contribution is 7.86. The average Bonchev–Trinajstić information content (AvgIpc) is 3.19. The second-order valence-electron chi connectivity index (χ2n) is 9.29. The van der Waals surface area contributed by atoms with E-state index in [2.05, 4.69) is 4.98 Å². The van der Waals surface area contributed by atoms with Crippen molar-refractivity contribution in [2.75, 3.05) is 13.1 Å². The van der Waals surface area contributed by atoms with E-state index in [9.17, 15) is 18.0 Å². The monoisotopic (exact) mass is 537 g/mol. The number of fused-ring (bicyclic) bond motifs is 2. The van der Waals surface area contributed by atoms with E-state index in [4.69, 9.17) is 8.92 Å². The summed E-state index contributed by atoms with van der Waals surface area (Å²) in [5.41, 5.74) is 1.11. The lowest BCUT2D eigenvalue weighted by molar-refractivity contribution is 0.0998. The molecule has 1 unspecified atom stereocenters. The zero-order chi connectivity index (χ0) is 25.6. The smallest absolute Gasteiger partial charge is 0.410 e. The van der Waals surface area contributed by atoms with Gasteiger partial charge in [0, 0.05) is 30.1 Å². The molecule has 2 fully saturated rings. The molecule has 0 bridgehead atoms. The summed E-state index contributed by atoms with van der Waals surface area (Å²) in [6, 6.07) is 19.3. The Kier molecular flexibility index (Phi) is 5.96. The quantitative estimate of drug-likeness (QED) is 0.331. The Morgan fingerprint density at radius 1 is 1.00 bits per heavy atom. The Bertz CT molecular complexity index is 1610. The highest BCUT2D eigenvalue weighted by Gasteiger charge is 2.58. The van der Waals surface area contributed by atoms with Crippen LogP contribution in [0.5, 0.6) is 5.88 Å². The van der Waals surface area contributed by atoms with Gasteiger partial charge in [0.15, 0.2) is 4.96 Å². The normalized spacial score (nSPS) is 20.5. The molecule has 6 rings (SSSR count). The minimum atomic E-state index is -3.97. The van der Waals surface area contributed by atoms with Crippen LogP contribution in [0.1, 0.15) is 21.9 Å². The van der Waals surface area contributed by atoms with Gasteiger partial charge in [0.25, 0.3) is 5.56 Å². The van der Waals surface area contributed by atoms with Gasteiger partial charge in [-0.05, 0) is 23.0 Å². The van der Waals surface area contributed by atoms with Crippen LogP contribution < -0.4 is 9.74 Å². The van der Waals surface area contributed by atoms with Crippen LogP contribution in [-0.4, -0.2) is 41.9 Å². The Morgan fingerprint density at radius 2 is 1.65 bits per heavy atom. The number of aromatic nitrogens is 2. The number of rotatable bonds is 7. The topological polar surface area (TPSA) is 107 Å². The van der Waals surface area contributed by atoms with E-state index >= 15 is 0 Å². The molecule has 9 nitrogen and oxygen atoms in total. The van der Waals surface area contributed by atoms with E-state index in [1.165, 1.54) is 15.7 Å². The van der Waals surface area contributed by atoms with Crippen LogP contribution in [0.3, 0.4) is 0 Å². The van der Waals surface area contributed by atoms with Crippen molar-refractivity contribution < 1.29 is 22.1 Å². The first-order valence-corrected chi connectivity index (χ1v) is 14.2. The summed E-state index contributed by atoms with van der Waals surface area (Å²) < 4.78 is 37.0. The number of carbonyl (C=O) groups is 1. The summed E-state index contributed by atoms with van der Waals surface area (Å²) in [5.74, 6) is 0.276. The van der Waals surface area contributed by atoms with Crippen LogP contribution in [0.15, 0.2) is 77.7 Å². The third kappa shape index (κ3) is 4.96. The molecule has 3 heterocycles. The number of carbonyl (C=O) groups excluding carboxylic acids is 1. The zero-order valence-corrected chi connectivity index (χ0v) is 21.2. The number of nitrogens with zero attached hydrogens (tertiary/aromatic N) is 3. The van der Waals surface area contributed by atoms with Crippen LogP contribution >= 0.6 is 11.3 Å². The molecule has 11 heteroatoms. The molecular weight excluding hydrogens is 514 g/mol. The maximum atomic E-state index is 12.7. The molecule has 1 saturated heterocycles. The minimum Gasteiger partial charge on any atom is -0.445 e. The highest BCUT2D eigenvalue weighted by atomic mass is 32.2. The largest absolute Gasteiger partial charge is 0.445 e. The Balaban J connectivity index is 1.10. The molecule has 2 aromatic heterocycles. The van der Waals surface area contributed by atoms with E-state index in [0.29, 0.717) is 35.4 Å². The average molecular weight is 538 g/mol. The maximum absolute atomic E-state index is 12.7. The lowest BCUT2D eigenvalue weighted by Crippen LogP contribution is -2.31. The van der Waals surface area contributed by atoms with Crippen molar-refractivity contribution in [3.8, 4) is 5.88 Å². The summed E-state index contributed by atoms with van der Waals surface area (Å²) in [6.07, 6.45) is 1.45. The number of thiazole rings is 1. The first-order valence-electron chi connectivity index (χ1n) is 11.8. The molecule has 0 N–H and O–H groups in total. The van der Waals surface area contributed by atoms with Crippen LogP contribution in [0.25, 0.3) is 4.96 Å². The van der Waals surface area contributed by atoms with Crippen LogP contribution in [0.2, 0.25) is 0 Å². The molecule has 190 valence electrons. The molecule has 1 aliphatic heterocycles. The number of ether oxygens (including phenoxy) is 1. The molecular formula is C26H23N3O6S2. The van der Waals surface area contributed by atoms with Gasteiger partial charge < -0.3 is 13.8 Å². The molecule has 0 radical (unpaired) electrons. The van der Waals surface area contributed by atoms with E-state index in [0.717, 1.165) is 16.5 Å². The Hall–Kier alpha value is -3.70. The van der Waals surface area contributed by atoms with Gasteiger partial charge in [-0.25, -0.2) is 4.79 Å². The Morgan fingerprint density at radius 3 is 2.32 bits per heavy atom. The fourth-order valence-corrected chi connectivity index (χ4v) is 7.18. The van der Waals surface area contributed by atoms with Crippen LogP contribution in [-0.2, 0) is 27.2 Å². The van der Waals surface area contributed by atoms with Gasteiger partial charge in [-0.2, -0.15) is 13.4 Å². The van der Waals surface area contributed by atoms with E-state index in [-0.39, 0.29) is 30.3 Å². The molecule has 1 saturated carbocycles. The van der Waals surface area contributed by atoms with Gasteiger partial charge in [0.1, 0.15) is 12.4 Å². The first kappa shape index (κ1) is 23.7. The van der Waals surface area contributed by atoms with E-state index < -0.39 is 15.7 Å². The van der Waals surface area contributed by atoms with Crippen LogP contribution in [0.4, 0.5) is 4.79 Å². The summed E-state index contributed by atoms with van der Waals surface area (Å²) in [5, 5.41) is 0. The first-order chi connectivity index (χ1) is 17.9. The lowest BCUT2D eigenvalue weighted by Gasteiger charge is -2.19. The second kappa shape index (κ2) is 9.31. The molecule has 2 aromatic carbocycles. The number of likely N-dealkylation sites (tertiary alicyclic amines) is 1. The summed E-state index contributed by atoms with van der Waals surface area (Å²) in [7, 11) is -3.97. The number of amides is 1. The summed E-state index contributed by atoms with van der Waals surface area (Å²) in [4.78, 5) is 32.5. The van der Waals surface area contributed by atoms with Crippen LogP contribution in [0, 0.1) is 11.8 Å². The third-order valence-corrected chi connectivity index (χ3v) is 8.94. The molecule has 1 amide bonds. The van der Waals surface area contributed by atoms with Crippen molar-refractivity contribution in [3.05, 3.63) is 99.3 Å². The molecule has 37 heavy (non-hydrogen) atoms. The Labute approximate surface area is 217 Å². The van der Waals surface area contributed by atoms with Crippen molar-refractivity contribution in [2.45, 2.75) is 18.3 Å². The second-order valence-corrected chi connectivity index (χ2v) is 11.9. The minimum absolute atomic E-state index is 0.232. The van der Waals surface area contributed by atoms with Crippen molar-refractivity contribution >= 4 is 32.5 Å². The molecule has 0 spiro atoms. The van der Waals surface area contributed by atoms with Gasteiger partial charge in [-0.15, -0.1) is 11.3 Å². The van der Waals surface area contributed by atoms with E-state index in [1.807, 2.05) is 30.3 Å². The van der Waals surface area contributed by atoms with Crippen molar-refractivity contribution in [3.63, 3.8) is 0 Å². The predicted molar refractivity (Wildman–Crippen MR) is 137 cm³/mol. The van der Waals surface area contributed by atoms with Gasteiger partial charge in [-0.3, -0.25) is 9.20 Å². The van der Waals surface area contributed by atoms with Gasteiger partial charge in [0.05, 0.1) is 6.07 Å². The zero-order valence-electron chi connectivity index (χ0n) is 19.6. The molecule has 3 atom stereocenters. The maximum Gasteiger partial charge on any atom is 0.410 e. The standard InChI is InChI=1S/C26H23N3O6S2/c30-23-11-22(35-37(32,33)16-18-9-5-2-6-10-18)27-25-29(23)14-21(36-25)24-19-12-28(13-20(19)24)26(31)34-15-17-7-3-1-4-8-17/h1-11,14,19-20,24H,12-13,15-16H2/t19-,20+,24?. The SMILES string of the molecule is O=C(OCc1ccccc1)N1C[C@@H]2C(c3cn4c(=O)cc(OS(=O)(=O)Cc5ccccc5)nc4s3)[C@@H]2C1. The molecule has 2 aliphatic rings. The number of hydrogen-bond donors (Lipinski definition) is 0. The summed E-state index contributed by atoms with van der Waals surface area (Å²) in [6.45, 7) is 1.45. The number of piperidine rings is 1. The lowest BCUT2D eigenvalue weighted by atomic mass is 10.2. The van der Waals surface area contributed by atoms with Crippen molar-refractivity contribution in [2.24, 2.45) is 11.8 Å². The third-order valence-electron chi connectivity index (χ3n) is 6.75. The predicted octanol–water partition coefficient (Wildman–Crippen LogP) is 3.65. The van der Waals surface area contributed by atoms with Gasteiger partial charge >= 0.3 is 16.2 Å². The fourth-order valence-electron chi connectivity index (χ4n) is 4.94. The van der Waals surface area contributed by atoms with Gasteiger partial charge in [-0.1, -0.05) is 60.7 Å². The van der Waals surface area contributed by atoms with Crippen molar-refractivity contribution in [1.29, 1.82) is 0 Å². The van der Waals surface area contributed by atoms with E-state index in [1.54, 1.807) is 41.4 Å². The molecule has 4 aromatic rings.